The fourth-order valence-corrected chi connectivity index (χ4v) is 3.57. The predicted octanol–water partition coefficient (Wildman–Crippen LogP) is 4.57. The van der Waals surface area contributed by atoms with Crippen LogP contribution in [0.25, 0.3) is 10.6 Å². The van der Waals surface area contributed by atoms with E-state index in [2.05, 4.69) is 9.97 Å². The van der Waals surface area contributed by atoms with E-state index in [9.17, 15) is 4.79 Å². The summed E-state index contributed by atoms with van der Waals surface area (Å²) in [5.41, 5.74) is 3.19. The molecule has 126 valence electrons. The number of nitrogens with zero attached hydrogens (tertiary/aromatic N) is 3. The summed E-state index contributed by atoms with van der Waals surface area (Å²) in [5, 5.41) is 2.03. The van der Waals surface area contributed by atoms with Gasteiger partial charge in [-0.05, 0) is 61.4 Å². The summed E-state index contributed by atoms with van der Waals surface area (Å²) in [5.74, 6) is 0.602. The first kappa shape index (κ1) is 16.0. The lowest BCUT2D eigenvalue weighted by molar-refractivity contribution is 0.0984. The molecule has 1 aliphatic carbocycles. The van der Waals surface area contributed by atoms with Crippen molar-refractivity contribution in [3.8, 4) is 10.6 Å². The van der Waals surface area contributed by atoms with Gasteiger partial charge in [0.25, 0.3) is 5.91 Å². The van der Waals surface area contributed by atoms with Crippen LogP contribution in [0, 0.1) is 12.8 Å². The average Bonchev–Trinajstić information content (AvgIpc) is 3.29. The molecule has 1 saturated carbocycles. The van der Waals surface area contributed by atoms with Gasteiger partial charge < -0.3 is 4.90 Å². The number of hydrogen-bond acceptors (Lipinski definition) is 4. The fourth-order valence-electron chi connectivity index (χ4n) is 2.87. The van der Waals surface area contributed by atoms with E-state index in [0.29, 0.717) is 11.5 Å². The minimum absolute atomic E-state index is 0.00243. The first-order valence-corrected chi connectivity index (χ1v) is 9.34. The summed E-state index contributed by atoms with van der Waals surface area (Å²) in [6, 6.07) is 11.7. The van der Waals surface area contributed by atoms with Gasteiger partial charge in [-0.3, -0.25) is 14.8 Å². The summed E-state index contributed by atoms with van der Waals surface area (Å²) >= 11 is 1.65. The summed E-state index contributed by atoms with van der Waals surface area (Å²) < 4.78 is 0. The van der Waals surface area contributed by atoms with Crippen LogP contribution >= 0.6 is 11.3 Å². The van der Waals surface area contributed by atoms with E-state index >= 15 is 0 Å². The minimum atomic E-state index is 0.00243. The highest BCUT2D eigenvalue weighted by Gasteiger charge is 2.29. The van der Waals surface area contributed by atoms with Gasteiger partial charge in [0.15, 0.2) is 0 Å². The lowest BCUT2D eigenvalue weighted by Gasteiger charge is -2.23. The van der Waals surface area contributed by atoms with Crippen molar-refractivity contribution < 1.29 is 4.79 Å². The van der Waals surface area contributed by atoms with Gasteiger partial charge in [-0.1, -0.05) is 6.07 Å². The van der Waals surface area contributed by atoms with Crippen molar-refractivity contribution in [1.82, 2.24) is 9.97 Å². The van der Waals surface area contributed by atoms with Gasteiger partial charge in [0.2, 0.25) is 0 Å². The summed E-state index contributed by atoms with van der Waals surface area (Å²) in [6.07, 6.45) is 5.87. The molecule has 1 aliphatic rings. The van der Waals surface area contributed by atoms with E-state index < -0.39 is 0 Å². The second kappa shape index (κ2) is 6.76. The minimum Gasteiger partial charge on any atom is -0.306 e. The van der Waals surface area contributed by atoms with Crippen LogP contribution in [0.15, 0.2) is 54.2 Å². The number of hydrogen-bond donors (Lipinski definition) is 0. The number of aryl methyl sites for hydroxylation is 1. The molecule has 3 aromatic rings. The van der Waals surface area contributed by atoms with Crippen LogP contribution in [0.5, 0.6) is 0 Å². The topological polar surface area (TPSA) is 46.1 Å². The van der Waals surface area contributed by atoms with Crippen molar-refractivity contribution in [3.05, 3.63) is 65.4 Å². The summed E-state index contributed by atoms with van der Waals surface area (Å²) in [4.78, 5) is 25.0. The number of amides is 1. The molecule has 0 N–H and O–H groups in total. The van der Waals surface area contributed by atoms with Gasteiger partial charge in [-0.2, -0.15) is 0 Å². The lowest BCUT2D eigenvalue weighted by Crippen LogP contribution is -2.33. The molecule has 3 aromatic heterocycles. The van der Waals surface area contributed by atoms with Gasteiger partial charge in [-0.15, -0.1) is 11.3 Å². The quantitative estimate of drug-likeness (QED) is 0.678. The molecule has 5 heteroatoms. The zero-order valence-electron chi connectivity index (χ0n) is 14.1. The van der Waals surface area contributed by atoms with E-state index in [-0.39, 0.29) is 5.91 Å². The van der Waals surface area contributed by atoms with Gasteiger partial charge in [-0.25, -0.2) is 0 Å². The Balaban J connectivity index is 1.65. The van der Waals surface area contributed by atoms with Crippen LogP contribution in [-0.4, -0.2) is 22.4 Å². The Bertz CT molecular complexity index is 873. The highest BCUT2D eigenvalue weighted by Crippen LogP contribution is 2.32. The van der Waals surface area contributed by atoms with Crippen molar-refractivity contribution in [2.45, 2.75) is 19.8 Å². The molecule has 0 atom stereocenters. The normalized spacial score (nSPS) is 13.6. The molecule has 4 nitrogen and oxygen atoms in total. The summed E-state index contributed by atoms with van der Waals surface area (Å²) in [6.45, 7) is 2.65. The maximum absolute atomic E-state index is 13.2. The van der Waals surface area contributed by atoms with Crippen LogP contribution in [0.3, 0.4) is 0 Å². The maximum atomic E-state index is 13.2. The number of rotatable bonds is 5. The Hall–Kier alpha value is -2.53. The standard InChI is InChI=1S/C20H19N3OS/c1-14-17(8-9-18(22-14)19-5-3-11-25-19)20(24)23(13-15-6-7-15)16-4-2-10-21-12-16/h2-5,8-12,15H,6-7,13H2,1H3. The molecule has 0 bridgehead atoms. The van der Waals surface area contributed by atoms with Crippen LogP contribution in [0.4, 0.5) is 5.69 Å². The third-order valence-electron chi connectivity index (χ3n) is 4.43. The largest absolute Gasteiger partial charge is 0.306 e. The van der Waals surface area contributed by atoms with Crippen molar-refractivity contribution in [2.75, 3.05) is 11.4 Å². The third-order valence-corrected chi connectivity index (χ3v) is 5.32. The molecule has 0 aliphatic heterocycles. The van der Waals surface area contributed by atoms with Gasteiger partial charge in [0.1, 0.15) is 0 Å². The smallest absolute Gasteiger partial charge is 0.260 e. The summed E-state index contributed by atoms with van der Waals surface area (Å²) in [7, 11) is 0. The number of carbonyl (C=O) groups is 1. The number of anilines is 1. The van der Waals surface area contributed by atoms with Crippen molar-refractivity contribution in [2.24, 2.45) is 5.92 Å². The second-order valence-electron chi connectivity index (χ2n) is 6.38. The van der Waals surface area contributed by atoms with E-state index in [1.54, 1.807) is 23.7 Å². The van der Waals surface area contributed by atoms with Crippen LogP contribution in [0.2, 0.25) is 0 Å². The number of carbonyl (C=O) groups excluding carboxylic acids is 1. The first-order valence-electron chi connectivity index (χ1n) is 8.46. The highest BCUT2D eigenvalue weighted by atomic mass is 32.1. The fraction of sp³-hybridized carbons (Fsp3) is 0.250. The Morgan fingerprint density at radius 2 is 2.12 bits per heavy atom. The Morgan fingerprint density at radius 1 is 1.24 bits per heavy atom. The third kappa shape index (κ3) is 3.46. The molecule has 0 spiro atoms. The zero-order valence-corrected chi connectivity index (χ0v) is 14.9. The lowest BCUT2D eigenvalue weighted by atomic mass is 10.1. The molecule has 0 saturated heterocycles. The average molecular weight is 349 g/mol. The molecular formula is C20H19N3OS. The molecule has 3 heterocycles. The van der Waals surface area contributed by atoms with Crippen molar-refractivity contribution in [1.29, 1.82) is 0 Å². The van der Waals surface area contributed by atoms with Crippen LogP contribution in [-0.2, 0) is 0 Å². The molecule has 0 unspecified atom stereocenters. The van der Waals surface area contributed by atoms with E-state index in [1.165, 1.54) is 12.8 Å². The molecule has 1 amide bonds. The number of thiophene rings is 1. The monoisotopic (exact) mass is 349 g/mol. The predicted molar refractivity (Wildman–Crippen MR) is 101 cm³/mol. The van der Waals surface area contributed by atoms with Gasteiger partial charge >= 0.3 is 0 Å². The van der Waals surface area contributed by atoms with E-state index in [4.69, 9.17) is 0 Å². The Kier molecular flexibility index (Phi) is 4.32. The SMILES string of the molecule is Cc1nc(-c2cccs2)ccc1C(=O)N(CC1CC1)c1cccnc1. The molecule has 25 heavy (non-hydrogen) atoms. The van der Waals surface area contributed by atoms with Gasteiger partial charge in [0.05, 0.1) is 33.7 Å². The van der Waals surface area contributed by atoms with Crippen LogP contribution < -0.4 is 4.90 Å². The maximum Gasteiger partial charge on any atom is 0.260 e. The second-order valence-corrected chi connectivity index (χ2v) is 7.32. The Morgan fingerprint density at radius 3 is 2.76 bits per heavy atom. The molecular weight excluding hydrogens is 330 g/mol. The number of pyridine rings is 2. The van der Waals surface area contributed by atoms with E-state index in [0.717, 1.165) is 28.5 Å². The van der Waals surface area contributed by atoms with E-state index in [1.807, 2.05) is 53.6 Å². The Labute approximate surface area is 151 Å². The number of aromatic nitrogens is 2. The van der Waals surface area contributed by atoms with Crippen LogP contribution in [0.1, 0.15) is 28.9 Å². The molecule has 4 rings (SSSR count). The first-order chi connectivity index (χ1) is 12.2. The molecule has 1 fully saturated rings. The zero-order chi connectivity index (χ0) is 17.2. The van der Waals surface area contributed by atoms with Gasteiger partial charge in [0, 0.05) is 12.7 Å². The molecule has 0 aromatic carbocycles. The molecule has 0 radical (unpaired) electrons. The van der Waals surface area contributed by atoms with Crippen molar-refractivity contribution >= 4 is 22.9 Å². The van der Waals surface area contributed by atoms with Crippen molar-refractivity contribution in [3.63, 3.8) is 0 Å². The highest BCUT2D eigenvalue weighted by molar-refractivity contribution is 7.13.